The standard InChI is InChI=1S/C19H24N2O3/c1-4-23-16-9-5-8-15-11-17(24-18(15)16)14(3)20-19(22)21-10-6-7-13(2)12-21/h5,7-9,11,14H,4,6,10,12H2,1-3H3,(H,20,22). The van der Waals surface area contributed by atoms with Gasteiger partial charge in [0.1, 0.15) is 5.76 Å². The number of carbonyl (C=O) groups is 1. The molecule has 0 fully saturated rings. The molecule has 1 unspecified atom stereocenters. The molecule has 0 radical (unpaired) electrons. The minimum absolute atomic E-state index is 0.0552. The highest BCUT2D eigenvalue weighted by molar-refractivity contribution is 5.84. The topological polar surface area (TPSA) is 54.7 Å². The van der Waals surface area contributed by atoms with E-state index in [0.717, 1.165) is 35.4 Å². The number of fused-ring (bicyclic) bond motifs is 1. The fraction of sp³-hybridized carbons (Fsp3) is 0.421. The van der Waals surface area contributed by atoms with E-state index < -0.39 is 0 Å². The van der Waals surface area contributed by atoms with Crippen molar-refractivity contribution in [3.63, 3.8) is 0 Å². The lowest BCUT2D eigenvalue weighted by Gasteiger charge is -2.27. The van der Waals surface area contributed by atoms with Gasteiger partial charge in [0.25, 0.3) is 0 Å². The second-order valence-electron chi connectivity index (χ2n) is 6.19. The molecule has 5 nitrogen and oxygen atoms in total. The molecule has 1 atom stereocenters. The zero-order valence-electron chi connectivity index (χ0n) is 14.5. The van der Waals surface area contributed by atoms with Crippen LogP contribution in [0.5, 0.6) is 5.75 Å². The number of hydrogen-bond acceptors (Lipinski definition) is 3. The van der Waals surface area contributed by atoms with Gasteiger partial charge in [-0.2, -0.15) is 0 Å². The summed E-state index contributed by atoms with van der Waals surface area (Å²) < 4.78 is 11.6. The number of furan rings is 1. The van der Waals surface area contributed by atoms with Gasteiger partial charge in [-0.15, -0.1) is 0 Å². The normalized spacial score (nSPS) is 16.0. The monoisotopic (exact) mass is 328 g/mol. The highest BCUT2D eigenvalue weighted by Gasteiger charge is 2.21. The van der Waals surface area contributed by atoms with E-state index in [1.807, 2.05) is 43.0 Å². The predicted octanol–water partition coefficient (Wildman–Crippen LogP) is 4.25. The summed E-state index contributed by atoms with van der Waals surface area (Å²) in [5.41, 5.74) is 1.96. The molecule has 0 aliphatic carbocycles. The summed E-state index contributed by atoms with van der Waals surface area (Å²) in [4.78, 5) is 14.3. The third-order valence-corrected chi connectivity index (χ3v) is 4.21. The van der Waals surface area contributed by atoms with Gasteiger partial charge in [-0.25, -0.2) is 4.79 Å². The van der Waals surface area contributed by atoms with E-state index in [1.165, 1.54) is 5.57 Å². The maximum Gasteiger partial charge on any atom is 0.318 e. The molecule has 0 spiro atoms. The van der Waals surface area contributed by atoms with Crippen molar-refractivity contribution < 1.29 is 13.9 Å². The van der Waals surface area contributed by atoms with E-state index in [1.54, 1.807) is 0 Å². The summed E-state index contributed by atoms with van der Waals surface area (Å²) in [7, 11) is 0. The van der Waals surface area contributed by atoms with Crippen molar-refractivity contribution in [3.8, 4) is 5.75 Å². The van der Waals surface area contributed by atoms with Crippen molar-refractivity contribution in [2.75, 3.05) is 19.7 Å². The van der Waals surface area contributed by atoms with E-state index in [4.69, 9.17) is 9.15 Å². The molecule has 0 bridgehead atoms. The number of ether oxygens (including phenoxy) is 1. The average molecular weight is 328 g/mol. The van der Waals surface area contributed by atoms with Gasteiger partial charge in [-0.05, 0) is 39.3 Å². The maximum atomic E-state index is 12.4. The van der Waals surface area contributed by atoms with Crippen LogP contribution >= 0.6 is 0 Å². The first-order valence-corrected chi connectivity index (χ1v) is 8.44. The smallest absolute Gasteiger partial charge is 0.318 e. The Balaban J connectivity index is 1.74. The van der Waals surface area contributed by atoms with Crippen LogP contribution < -0.4 is 10.1 Å². The van der Waals surface area contributed by atoms with Gasteiger partial charge in [-0.1, -0.05) is 23.8 Å². The minimum atomic E-state index is -0.203. The Labute approximate surface area is 142 Å². The Kier molecular flexibility index (Phi) is 4.79. The van der Waals surface area contributed by atoms with Crippen LogP contribution in [0.25, 0.3) is 11.0 Å². The molecule has 1 aliphatic heterocycles. The quantitative estimate of drug-likeness (QED) is 0.854. The van der Waals surface area contributed by atoms with E-state index in [9.17, 15) is 4.79 Å². The van der Waals surface area contributed by atoms with Crippen LogP contribution in [0.3, 0.4) is 0 Å². The Morgan fingerprint density at radius 2 is 2.29 bits per heavy atom. The fourth-order valence-corrected chi connectivity index (χ4v) is 2.97. The summed E-state index contributed by atoms with van der Waals surface area (Å²) in [6, 6.07) is 7.53. The van der Waals surface area contributed by atoms with E-state index in [0.29, 0.717) is 13.2 Å². The SMILES string of the molecule is CCOc1cccc2cc(C(C)NC(=O)N3CCC=C(C)C3)oc12. The molecule has 24 heavy (non-hydrogen) atoms. The van der Waals surface area contributed by atoms with Crippen molar-refractivity contribution in [1.82, 2.24) is 10.2 Å². The van der Waals surface area contributed by atoms with Gasteiger partial charge >= 0.3 is 6.03 Å². The molecule has 1 aliphatic rings. The van der Waals surface area contributed by atoms with Crippen LogP contribution in [0.4, 0.5) is 4.79 Å². The fourth-order valence-electron chi connectivity index (χ4n) is 2.97. The number of para-hydroxylation sites is 1. The minimum Gasteiger partial charge on any atom is -0.490 e. The van der Waals surface area contributed by atoms with Crippen LogP contribution in [-0.2, 0) is 0 Å². The van der Waals surface area contributed by atoms with Crippen LogP contribution in [0.2, 0.25) is 0 Å². The lowest BCUT2D eigenvalue weighted by molar-refractivity contribution is 0.196. The molecule has 2 heterocycles. The van der Waals surface area contributed by atoms with Crippen LogP contribution in [0.15, 0.2) is 40.3 Å². The summed E-state index contributed by atoms with van der Waals surface area (Å²) in [5.74, 6) is 1.46. The molecule has 128 valence electrons. The van der Waals surface area contributed by atoms with Crippen molar-refractivity contribution in [2.45, 2.75) is 33.2 Å². The van der Waals surface area contributed by atoms with E-state index in [2.05, 4.69) is 18.3 Å². The molecule has 1 aromatic heterocycles. The number of nitrogens with one attached hydrogen (secondary N) is 1. The van der Waals surface area contributed by atoms with Gasteiger partial charge in [0.2, 0.25) is 0 Å². The Morgan fingerprint density at radius 1 is 1.46 bits per heavy atom. The summed E-state index contributed by atoms with van der Waals surface area (Å²) in [6.45, 7) is 7.96. The van der Waals surface area contributed by atoms with Gasteiger partial charge in [0, 0.05) is 18.5 Å². The highest BCUT2D eigenvalue weighted by Crippen LogP contribution is 2.31. The number of amides is 2. The number of rotatable bonds is 4. The van der Waals surface area contributed by atoms with Gasteiger partial charge in [0.05, 0.1) is 12.6 Å². The highest BCUT2D eigenvalue weighted by atomic mass is 16.5. The molecule has 0 saturated carbocycles. The third kappa shape index (κ3) is 3.40. The number of nitrogens with zero attached hydrogens (tertiary/aromatic N) is 1. The Bertz CT molecular complexity index is 763. The van der Waals surface area contributed by atoms with E-state index in [-0.39, 0.29) is 12.1 Å². The largest absolute Gasteiger partial charge is 0.490 e. The summed E-state index contributed by atoms with van der Waals surface area (Å²) in [5, 5.41) is 4.00. The van der Waals surface area contributed by atoms with Gasteiger partial charge in [0.15, 0.2) is 11.3 Å². The van der Waals surface area contributed by atoms with Crippen LogP contribution in [0.1, 0.15) is 39.0 Å². The first-order chi connectivity index (χ1) is 11.6. The number of hydrogen-bond donors (Lipinski definition) is 1. The molecular weight excluding hydrogens is 304 g/mol. The molecular formula is C19H24N2O3. The predicted molar refractivity (Wildman–Crippen MR) is 94.3 cm³/mol. The van der Waals surface area contributed by atoms with E-state index >= 15 is 0 Å². The van der Waals surface area contributed by atoms with Crippen molar-refractivity contribution in [2.24, 2.45) is 0 Å². The molecule has 2 aromatic rings. The summed E-state index contributed by atoms with van der Waals surface area (Å²) >= 11 is 0. The van der Waals surface area contributed by atoms with Gasteiger partial charge in [-0.3, -0.25) is 0 Å². The Morgan fingerprint density at radius 3 is 3.04 bits per heavy atom. The molecule has 1 N–H and O–H groups in total. The Hall–Kier alpha value is -2.43. The molecule has 1 aromatic carbocycles. The molecule has 0 saturated heterocycles. The lowest BCUT2D eigenvalue weighted by Crippen LogP contribution is -2.43. The first-order valence-electron chi connectivity index (χ1n) is 8.44. The zero-order valence-corrected chi connectivity index (χ0v) is 14.5. The van der Waals surface area contributed by atoms with Crippen LogP contribution in [0, 0.1) is 0 Å². The lowest BCUT2D eigenvalue weighted by atomic mass is 10.1. The second-order valence-corrected chi connectivity index (χ2v) is 6.19. The van der Waals surface area contributed by atoms with Crippen molar-refractivity contribution in [3.05, 3.63) is 41.7 Å². The van der Waals surface area contributed by atoms with Crippen LogP contribution in [-0.4, -0.2) is 30.6 Å². The number of urea groups is 1. The molecule has 3 rings (SSSR count). The number of carbonyl (C=O) groups excluding carboxylic acids is 1. The molecule has 5 heteroatoms. The van der Waals surface area contributed by atoms with Crippen molar-refractivity contribution >= 4 is 17.0 Å². The first kappa shape index (κ1) is 16.4. The third-order valence-electron chi connectivity index (χ3n) is 4.21. The summed E-state index contributed by atoms with van der Waals surface area (Å²) in [6.07, 6.45) is 3.09. The average Bonchev–Trinajstić information content (AvgIpc) is 3.00. The van der Waals surface area contributed by atoms with Gasteiger partial charge < -0.3 is 19.4 Å². The number of benzene rings is 1. The van der Waals surface area contributed by atoms with Crippen molar-refractivity contribution in [1.29, 1.82) is 0 Å². The zero-order chi connectivity index (χ0) is 17.1. The molecule has 2 amide bonds. The maximum absolute atomic E-state index is 12.4. The second kappa shape index (κ2) is 6.99.